The molecule has 2 saturated heterocycles. The minimum atomic E-state index is -1.73. The molecular formula is C10H18O11. The fourth-order valence-electron chi connectivity index (χ4n) is 1.96. The molecule has 0 aromatic carbocycles. The molecule has 2 fully saturated rings. The number of hydrogen-bond acceptors (Lipinski definition) is 11. The summed E-state index contributed by atoms with van der Waals surface area (Å²) in [6.07, 6.45) is -8.67. The molecule has 2 aliphatic heterocycles. The van der Waals surface area contributed by atoms with Crippen LogP contribution in [0.25, 0.3) is 0 Å². The predicted octanol–water partition coefficient (Wildman–Crippen LogP) is -4.26. The number of ether oxygens (including phenoxy) is 5. The Kier molecular flexibility index (Phi) is 5.81. The summed E-state index contributed by atoms with van der Waals surface area (Å²) in [4.78, 5) is 0. The van der Waals surface area contributed by atoms with E-state index in [0.29, 0.717) is 0 Å². The summed E-state index contributed by atoms with van der Waals surface area (Å²) < 4.78 is 24.3. The lowest BCUT2D eigenvalue weighted by atomic mass is 9.99. The molecule has 0 aromatic rings. The highest BCUT2D eigenvalue weighted by Crippen LogP contribution is 2.25. The first-order chi connectivity index (χ1) is 9.96. The Balaban J connectivity index is 2.01. The number of rotatable bonds is 4. The summed E-state index contributed by atoms with van der Waals surface area (Å²) in [6.45, 7) is -4.49. The lowest BCUT2D eigenvalue weighted by molar-refractivity contribution is -0.499. The Morgan fingerprint density at radius 2 is 1.52 bits per heavy atom. The predicted molar refractivity (Wildman–Crippen MR) is 58.8 cm³/mol. The monoisotopic (exact) mass is 314 g/mol. The molecule has 2 rings (SSSR count). The van der Waals surface area contributed by atoms with Gasteiger partial charge in [-0.3, -0.25) is 14.2 Å². The second-order valence-electron chi connectivity index (χ2n) is 4.45. The van der Waals surface area contributed by atoms with Crippen molar-refractivity contribution in [3.8, 4) is 0 Å². The van der Waals surface area contributed by atoms with Crippen molar-refractivity contribution < 1.29 is 54.3 Å². The molecule has 124 valence electrons. The van der Waals surface area contributed by atoms with E-state index in [1.165, 1.54) is 0 Å². The minimum absolute atomic E-state index is 0.589. The Morgan fingerprint density at radius 1 is 0.810 bits per heavy atom. The average molecular weight is 314 g/mol. The standard InChI is InChI=1S/C10H18O11/c11-1-3-7(5(13)6(14)8(15)17-3)20-10-19-4(2-12)18-9(16)21-10/h3-16H,1-2H2. The van der Waals surface area contributed by atoms with Crippen LogP contribution in [0.4, 0.5) is 0 Å². The number of aliphatic hydroxyl groups is 6. The van der Waals surface area contributed by atoms with E-state index in [4.69, 9.17) is 29.2 Å². The molecule has 6 N–H and O–H groups in total. The van der Waals surface area contributed by atoms with Crippen LogP contribution in [-0.2, 0) is 23.7 Å². The topological polar surface area (TPSA) is 168 Å². The van der Waals surface area contributed by atoms with Gasteiger partial charge in [-0.05, 0) is 0 Å². The normalized spacial score (nSPS) is 48.3. The summed E-state index contributed by atoms with van der Waals surface area (Å²) in [5, 5.41) is 56.0. The average Bonchev–Trinajstić information content (AvgIpc) is 2.47. The lowest BCUT2D eigenvalue weighted by Gasteiger charge is -2.42. The molecule has 0 amide bonds. The zero-order chi connectivity index (χ0) is 15.6. The third-order valence-corrected chi connectivity index (χ3v) is 3.02. The molecule has 2 heterocycles. The van der Waals surface area contributed by atoms with Crippen molar-refractivity contribution in [1.29, 1.82) is 0 Å². The number of hydrogen-bond donors (Lipinski definition) is 6. The Bertz CT molecular complexity index is 326. The van der Waals surface area contributed by atoms with Crippen LogP contribution < -0.4 is 0 Å². The maximum atomic E-state index is 9.85. The molecule has 11 heteroatoms. The Labute approximate surface area is 118 Å². The van der Waals surface area contributed by atoms with E-state index in [0.717, 1.165) is 0 Å². The van der Waals surface area contributed by atoms with Crippen molar-refractivity contribution >= 4 is 0 Å². The Morgan fingerprint density at radius 3 is 2.14 bits per heavy atom. The third kappa shape index (κ3) is 3.85. The van der Waals surface area contributed by atoms with E-state index >= 15 is 0 Å². The van der Waals surface area contributed by atoms with Crippen LogP contribution in [0, 0.1) is 0 Å². The molecule has 11 nitrogen and oxygen atoms in total. The van der Waals surface area contributed by atoms with Crippen LogP contribution in [0.1, 0.15) is 0 Å². The van der Waals surface area contributed by atoms with Crippen molar-refractivity contribution in [2.45, 2.75) is 49.9 Å². The van der Waals surface area contributed by atoms with Crippen LogP contribution in [0.3, 0.4) is 0 Å². The van der Waals surface area contributed by atoms with E-state index in [1.807, 2.05) is 0 Å². The van der Waals surface area contributed by atoms with Crippen LogP contribution in [0.15, 0.2) is 0 Å². The first kappa shape index (κ1) is 16.9. The van der Waals surface area contributed by atoms with Gasteiger partial charge in [0.05, 0.1) is 13.2 Å². The van der Waals surface area contributed by atoms with Gasteiger partial charge in [0.15, 0.2) is 12.6 Å². The summed E-state index contributed by atoms with van der Waals surface area (Å²) >= 11 is 0. The Hall–Kier alpha value is -0.440. The summed E-state index contributed by atoms with van der Waals surface area (Å²) in [5.74, 6) is 0. The molecule has 0 aromatic heterocycles. The van der Waals surface area contributed by atoms with Gasteiger partial charge in [-0.1, -0.05) is 0 Å². The summed E-state index contributed by atoms with van der Waals surface area (Å²) in [6, 6.07) is 0. The van der Waals surface area contributed by atoms with Gasteiger partial charge in [-0.2, -0.15) is 0 Å². The van der Waals surface area contributed by atoms with Crippen molar-refractivity contribution in [3.63, 3.8) is 0 Å². The summed E-state index contributed by atoms with van der Waals surface area (Å²) in [5.41, 5.74) is 0. The molecule has 8 unspecified atom stereocenters. The van der Waals surface area contributed by atoms with Crippen LogP contribution in [0.2, 0.25) is 0 Å². The molecule has 0 saturated carbocycles. The fraction of sp³-hybridized carbons (Fsp3) is 1.00. The SMILES string of the molecule is OCC1OC(O)OC(OC2C(CO)OC(O)C(O)C2O)O1. The highest BCUT2D eigenvalue weighted by atomic mass is 17.0. The summed E-state index contributed by atoms with van der Waals surface area (Å²) in [7, 11) is 0. The van der Waals surface area contributed by atoms with E-state index in [2.05, 4.69) is 4.74 Å². The first-order valence-corrected chi connectivity index (χ1v) is 6.17. The zero-order valence-corrected chi connectivity index (χ0v) is 10.8. The molecule has 21 heavy (non-hydrogen) atoms. The first-order valence-electron chi connectivity index (χ1n) is 6.17. The maximum absolute atomic E-state index is 9.85. The molecule has 0 bridgehead atoms. The highest BCUT2D eigenvalue weighted by molar-refractivity contribution is 4.89. The quantitative estimate of drug-likeness (QED) is 0.297. The lowest BCUT2D eigenvalue weighted by Crippen LogP contribution is -2.61. The van der Waals surface area contributed by atoms with E-state index in [9.17, 15) is 20.4 Å². The van der Waals surface area contributed by atoms with Gasteiger partial charge in [-0.25, -0.2) is 0 Å². The van der Waals surface area contributed by atoms with Crippen LogP contribution >= 0.6 is 0 Å². The van der Waals surface area contributed by atoms with Gasteiger partial charge in [0, 0.05) is 0 Å². The van der Waals surface area contributed by atoms with Gasteiger partial charge in [0.25, 0.3) is 13.0 Å². The second-order valence-corrected chi connectivity index (χ2v) is 4.45. The largest absolute Gasteiger partial charge is 0.394 e. The van der Waals surface area contributed by atoms with Gasteiger partial charge in [0.2, 0.25) is 0 Å². The maximum Gasteiger partial charge on any atom is 0.278 e. The number of aliphatic hydroxyl groups excluding tert-OH is 6. The van der Waals surface area contributed by atoms with Gasteiger partial charge in [0.1, 0.15) is 24.4 Å². The van der Waals surface area contributed by atoms with Crippen molar-refractivity contribution in [2.24, 2.45) is 0 Å². The van der Waals surface area contributed by atoms with E-state index in [-0.39, 0.29) is 0 Å². The van der Waals surface area contributed by atoms with Crippen molar-refractivity contribution in [3.05, 3.63) is 0 Å². The molecule has 8 atom stereocenters. The molecule has 2 aliphatic rings. The molecular weight excluding hydrogens is 296 g/mol. The smallest absolute Gasteiger partial charge is 0.278 e. The second kappa shape index (κ2) is 7.21. The molecule has 0 radical (unpaired) electrons. The van der Waals surface area contributed by atoms with Crippen molar-refractivity contribution in [2.75, 3.05) is 13.2 Å². The third-order valence-electron chi connectivity index (χ3n) is 3.02. The van der Waals surface area contributed by atoms with Gasteiger partial charge in [-0.15, -0.1) is 0 Å². The van der Waals surface area contributed by atoms with E-state index in [1.54, 1.807) is 0 Å². The van der Waals surface area contributed by atoms with E-state index < -0.39 is 63.2 Å². The van der Waals surface area contributed by atoms with Gasteiger partial charge >= 0.3 is 0 Å². The van der Waals surface area contributed by atoms with Gasteiger partial charge < -0.3 is 40.1 Å². The molecule has 0 spiro atoms. The van der Waals surface area contributed by atoms with Crippen LogP contribution in [0.5, 0.6) is 0 Å². The minimum Gasteiger partial charge on any atom is -0.394 e. The molecule has 0 aliphatic carbocycles. The fourth-order valence-corrected chi connectivity index (χ4v) is 1.96. The van der Waals surface area contributed by atoms with Crippen LogP contribution in [-0.4, -0.2) is 93.8 Å². The zero-order valence-electron chi connectivity index (χ0n) is 10.8. The highest BCUT2D eigenvalue weighted by Gasteiger charge is 2.46. The van der Waals surface area contributed by atoms with Crippen molar-refractivity contribution in [1.82, 2.24) is 0 Å².